The number of guanidine groups is 2. The van der Waals surface area contributed by atoms with Crippen LogP contribution in [0.4, 0.5) is 25.8 Å². The molecule has 2 heterocycles. The van der Waals surface area contributed by atoms with Crippen LogP contribution >= 0.6 is 0 Å². The van der Waals surface area contributed by atoms with Crippen LogP contribution in [0.1, 0.15) is 101 Å². The minimum absolute atomic E-state index is 0.0270. The molecule has 0 saturated heterocycles. The fraction of sp³-hybridized carbons (Fsp3) is 0.395. The molecule has 0 atom stereocenters. The van der Waals surface area contributed by atoms with Crippen molar-refractivity contribution in [1.82, 2.24) is 25.8 Å². The maximum absolute atomic E-state index is 13.0. The van der Waals surface area contributed by atoms with Crippen molar-refractivity contribution < 1.29 is 38.2 Å². The summed E-state index contributed by atoms with van der Waals surface area (Å²) >= 11 is 0. The summed E-state index contributed by atoms with van der Waals surface area (Å²) in [7, 11) is 1.63. The van der Waals surface area contributed by atoms with Crippen LogP contribution in [0.25, 0.3) is 5.57 Å². The number of carbonyl (C=O) groups is 5. The van der Waals surface area contributed by atoms with Gasteiger partial charge in [-0.2, -0.15) is 0 Å². The summed E-state index contributed by atoms with van der Waals surface area (Å²) in [5.74, 6) is -0.564. The number of aliphatic imine (C=N–C) groups is 2. The molecule has 3 aromatic rings. The number of hydrogen-bond acceptors (Lipinski definition) is 9. The first-order valence-corrected chi connectivity index (χ1v) is 19.3. The molecule has 0 bridgehead atoms. The third kappa shape index (κ3) is 15.5. The first kappa shape index (κ1) is 45.9. The summed E-state index contributed by atoms with van der Waals surface area (Å²) < 4.78 is 15.9. The van der Waals surface area contributed by atoms with Crippen molar-refractivity contribution in [3.63, 3.8) is 0 Å². The van der Waals surface area contributed by atoms with Crippen LogP contribution in [0.2, 0.25) is 0 Å². The van der Waals surface area contributed by atoms with Gasteiger partial charge in [0.2, 0.25) is 11.9 Å². The normalized spacial score (nSPS) is 13.6. The Morgan fingerprint density at radius 1 is 0.717 bits per heavy atom. The molecule has 0 spiro atoms. The zero-order valence-electron chi connectivity index (χ0n) is 35.8. The first-order chi connectivity index (χ1) is 28.1. The summed E-state index contributed by atoms with van der Waals surface area (Å²) in [4.78, 5) is 77.0. The first-order valence-electron chi connectivity index (χ1n) is 19.3. The Morgan fingerprint density at radius 3 is 1.80 bits per heavy atom. The third-order valence-electron chi connectivity index (χ3n) is 7.99. The second-order valence-corrected chi connectivity index (χ2v) is 16.6. The number of amides is 5. The van der Waals surface area contributed by atoms with Crippen molar-refractivity contribution in [2.45, 2.75) is 92.1 Å². The van der Waals surface area contributed by atoms with Crippen LogP contribution in [0.5, 0.6) is 0 Å². The maximum Gasteiger partial charge on any atom is 0.437 e. The Labute approximate surface area is 350 Å². The van der Waals surface area contributed by atoms with E-state index in [0.717, 1.165) is 16.7 Å². The number of rotatable bonds is 7. The van der Waals surface area contributed by atoms with E-state index in [0.29, 0.717) is 37.4 Å². The standard InChI is InChI=1S/C43H55N9O8/c1-41(2,3)58-38(55)49-36(44-10)46-25-27-11-16-31(17-12-27)47-34(53)30-15-20-33(45-26-30)35(54)48-32-18-13-28(14-19-32)29-21-23-52(24-22-29)37(50-39(56)59-42(4,5)6)51-40(57)60-43(7,8)9/h11-21,26H,22-25H2,1-10H3,(H,47,53)(H,48,54)(H2,44,46,49,55)(H,50,51,56,57). The summed E-state index contributed by atoms with van der Waals surface area (Å²) in [6, 6.07) is 17.4. The van der Waals surface area contributed by atoms with Crippen molar-refractivity contribution in [1.29, 1.82) is 0 Å². The predicted octanol–water partition coefficient (Wildman–Crippen LogP) is 7.09. The fourth-order valence-electron chi connectivity index (χ4n) is 5.35. The second-order valence-electron chi connectivity index (χ2n) is 16.6. The second kappa shape index (κ2) is 19.8. The van der Waals surface area contributed by atoms with E-state index in [9.17, 15) is 24.0 Å². The third-order valence-corrected chi connectivity index (χ3v) is 7.99. The Morgan fingerprint density at radius 2 is 1.28 bits per heavy atom. The van der Waals surface area contributed by atoms with Gasteiger partial charge in [-0.15, -0.1) is 9.98 Å². The fourth-order valence-corrected chi connectivity index (χ4v) is 5.35. The molecule has 5 N–H and O–H groups in total. The molecule has 0 unspecified atom stereocenters. The van der Waals surface area contributed by atoms with Crippen molar-refractivity contribution >= 4 is 59.0 Å². The molecule has 320 valence electrons. The van der Waals surface area contributed by atoms with Crippen LogP contribution in [0.3, 0.4) is 0 Å². The largest absolute Gasteiger partial charge is 0.444 e. The van der Waals surface area contributed by atoms with Crippen molar-refractivity contribution in [2.24, 2.45) is 9.98 Å². The average Bonchev–Trinajstić information content (AvgIpc) is 3.15. The minimum atomic E-state index is -0.836. The van der Waals surface area contributed by atoms with E-state index in [-0.39, 0.29) is 23.2 Å². The van der Waals surface area contributed by atoms with Crippen LogP contribution in [0, 0.1) is 0 Å². The lowest BCUT2D eigenvalue weighted by atomic mass is 9.99. The van der Waals surface area contributed by atoms with E-state index in [1.807, 2.05) is 30.3 Å². The van der Waals surface area contributed by atoms with Gasteiger partial charge in [-0.3, -0.25) is 19.9 Å². The van der Waals surface area contributed by atoms with Crippen molar-refractivity contribution in [3.8, 4) is 0 Å². The number of ether oxygens (including phenoxy) is 3. The summed E-state index contributed by atoms with van der Waals surface area (Å²) in [5, 5.41) is 14.1. The monoisotopic (exact) mass is 825 g/mol. The molecular weight excluding hydrogens is 771 g/mol. The molecular formula is C43H55N9O8. The van der Waals surface area contributed by atoms with Gasteiger partial charge in [0.05, 0.1) is 5.56 Å². The average molecular weight is 826 g/mol. The van der Waals surface area contributed by atoms with Gasteiger partial charge < -0.3 is 40.4 Å². The lowest BCUT2D eigenvalue weighted by molar-refractivity contribution is 0.0550. The topological polar surface area (TPSA) is 214 Å². The number of benzene rings is 2. The number of aromatic nitrogens is 1. The highest BCUT2D eigenvalue weighted by molar-refractivity contribution is 6.06. The van der Waals surface area contributed by atoms with Gasteiger partial charge in [0, 0.05) is 44.3 Å². The van der Waals surface area contributed by atoms with Gasteiger partial charge >= 0.3 is 18.3 Å². The van der Waals surface area contributed by atoms with Gasteiger partial charge in [0.1, 0.15) is 22.5 Å². The van der Waals surface area contributed by atoms with Crippen LogP contribution in [0.15, 0.2) is 82.9 Å². The van der Waals surface area contributed by atoms with Gasteiger partial charge in [-0.05, 0) is 122 Å². The van der Waals surface area contributed by atoms with Crippen LogP contribution in [-0.4, -0.2) is 88.8 Å². The molecule has 17 nitrogen and oxygen atoms in total. The van der Waals surface area contributed by atoms with E-state index >= 15 is 0 Å². The van der Waals surface area contributed by atoms with E-state index in [4.69, 9.17) is 14.2 Å². The summed E-state index contributed by atoms with van der Waals surface area (Å²) in [5.41, 5.74) is 2.16. The van der Waals surface area contributed by atoms with Gasteiger partial charge in [0.25, 0.3) is 11.8 Å². The Hall–Kier alpha value is -6.78. The molecule has 2 aromatic carbocycles. The molecule has 5 amide bonds. The Kier molecular flexibility index (Phi) is 15.1. The molecule has 1 aliphatic rings. The minimum Gasteiger partial charge on any atom is -0.444 e. The molecule has 0 radical (unpaired) electrons. The molecule has 0 saturated carbocycles. The van der Waals surface area contributed by atoms with Crippen LogP contribution < -0.4 is 26.6 Å². The summed E-state index contributed by atoms with van der Waals surface area (Å²) in [6.45, 7) is 16.8. The summed E-state index contributed by atoms with van der Waals surface area (Å²) in [6.07, 6.45) is 1.59. The number of anilines is 2. The van der Waals surface area contributed by atoms with Crippen LogP contribution in [-0.2, 0) is 20.8 Å². The lowest BCUT2D eigenvalue weighted by Gasteiger charge is -2.30. The van der Waals surface area contributed by atoms with Crippen molar-refractivity contribution in [3.05, 3.63) is 95.3 Å². The highest BCUT2D eigenvalue weighted by Gasteiger charge is 2.25. The highest BCUT2D eigenvalue weighted by atomic mass is 16.6. The van der Waals surface area contributed by atoms with E-state index in [2.05, 4.69) is 41.6 Å². The van der Waals surface area contributed by atoms with Gasteiger partial charge in [0.15, 0.2) is 0 Å². The van der Waals surface area contributed by atoms with E-state index < -0.39 is 46.9 Å². The molecule has 17 heteroatoms. The molecule has 1 aliphatic heterocycles. The lowest BCUT2D eigenvalue weighted by Crippen LogP contribution is -2.48. The quantitative estimate of drug-likeness (QED) is 0.0918. The SMILES string of the molecule is CN/C(=N/C(=O)OC(C)(C)C)NCc1ccc(NC(=O)c2ccc(C(=O)Nc3ccc(C4=CCN(/C(=N\C(=O)OC(C)(C)C)NC(=O)OC(C)(C)C)CC4)cc3)nc2)cc1. The Bertz CT molecular complexity index is 2110. The molecule has 0 fully saturated rings. The molecule has 4 rings (SSSR count). The number of hydrogen-bond donors (Lipinski definition) is 5. The number of nitrogens with one attached hydrogen (secondary N) is 5. The Balaban J connectivity index is 1.30. The van der Waals surface area contributed by atoms with E-state index in [1.165, 1.54) is 18.3 Å². The zero-order chi connectivity index (χ0) is 44.3. The maximum atomic E-state index is 13.0. The molecule has 60 heavy (non-hydrogen) atoms. The zero-order valence-corrected chi connectivity index (χ0v) is 35.8. The van der Waals surface area contributed by atoms with Crippen molar-refractivity contribution in [2.75, 3.05) is 30.8 Å². The predicted molar refractivity (Wildman–Crippen MR) is 230 cm³/mol. The highest BCUT2D eigenvalue weighted by Crippen LogP contribution is 2.25. The number of pyridine rings is 1. The number of alkyl carbamates (subject to hydrolysis) is 1. The smallest absolute Gasteiger partial charge is 0.437 e. The number of carbonyl (C=O) groups excluding carboxylic acids is 5. The van der Waals surface area contributed by atoms with Gasteiger partial charge in [-0.25, -0.2) is 14.4 Å². The van der Waals surface area contributed by atoms with Gasteiger partial charge in [-0.1, -0.05) is 30.3 Å². The number of nitrogens with zero attached hydrogens (tertiary/aromatic N) is 4. The molecule has 1 aromatic heterocycles. The molecule has 0 aliphatic carbocycles. The van der Waals surface area contributed by atoms with E-state index in [1.54, 1.807) is 98.5 Å².